The van der Waals surface area contributed by atoms with Gasteiger partial charge in [-0.25, -0.2) is 9.59 Å². The fraction of sp³-hybridized carbons (Fsp3) is 0.500. The Morgan fingerprint density at radius 3 is 1.16 bits per heavy atom. The maximum absolute atomic E-state index is 12.1. The molecule has 0 fully saturated rings. The molecule has 0 aromatic rings. The van der Waals surface area contributed by atoms with Crippen LogP contribution in [0.3, 0.4) is 0 Å². The van der Waals surface area contributed by atoms with Crippen LogP contribution < -0.4 is 0 Å². The monoisotopic (exact) mass is 458 g/mol. The second kappa shape index (κ2) is 14.3. The number of methoxy groups -OCH3 is 4. The summed E-state index contributed by atoms with van der Waals surface area (Å²) in [6.07, 6.45) is -0.970. The molecule has 178 valence electrons. The van der Waals surface area contributed by atoms with Gasteiger partial charge in [0, 0.05) is 11.1 Å². The van der Waals surface area contributed by atoms with E-state index in [1.807, 2.05) is 0 Å². The molecule has 2 unspecified atom stereocenters. The molecule has 0 aromatic heterocycles. The van der Waals surface area contributed by atoms with Crippen molar-refractivity contribution in [3.05, 3.63) is 24.3 Å². The van der Waals surface area contributed by atoms with Gasteiger partial charge in [-0.2, -0.15) is 0 Å². The molecule has 12 heteroatoms. The van der Waals surface area contributed by atoms with Gasteiger partial charge in [0.15, 0.2) is 0 Å². The minimum atomic E-state index is -1.32. The largest absolute Gasteiger partial charge is 0.469 e. The van der Waals surface area contributed by atoms with Crippen LogP contribution in [0.2, 0.25) is 0 Å². The van der Waals surface area contributed by atoms with Crippen molar-refractivity contribution in [1.29, 1.82) is 0 Å². The van der Waals surface area contributed by atoms with E-state index >= 15 is 0 Å². The van der Waals surface area contributed by atoms with Crippen LogP contribution in [0.15, 0.2) is 24.3 Å². The first-order chi connectivity index (χ1) is 15.0. The second-order valence-corrected chi connectivity index (χ2v) is 6.03. The summed E-state index contributed by atoms with van der Waals surface area (Å²) in [5.41, 5.74) is -0.719. The molecule has 0 rings (SSSR count). The number of rotatable bonds is 13. The number of carbonyl (C=O) groups is 6. The van der Waals surface area contributed by atoms with E-state index in [1.54, 1.807) is 0 Å². The average Bonchev–Trinajstić information content (AvgIpc) is 2.80. The van der Waals surface area contributed by atoms with Crippen molar-refractivity contribution in [2.75, 3.05) is 41.7 Å². The first-order valence-corrected chi connectivity index (χ1v) is 9.05. The summed E-state index contributed by atoms with van der Waals surface area (Å²) >= 11 is 0. The number of hydrogen-bond acceptors (Lipinski definition) is 12. The van der Waals surface area contributed by atoms with Crippen molar-refractivity contribution in [3.8, 4) is 0 Å². The highest BCUT2D eigenvalue weighted by atomic mass is 16.6. The summed E-state index contributed by atoms with van der Waals surface area (Å²) in [7, 11) is 4.35. The van der Waals surface area contributed by atoms with Crippen molar-refractivity contribution in [1.82, 2.24) is 0 Å². The fourth-order valence-corrected chi connectivity index (χ4v) is 2.22. The van der Waals surface area contributed by atoms with Crippen molar-refractivity contribution in [2.24, 2.45) is 11.8 Å². The SMILES string of the molecule is C=C(C(=O)OCCOC(=O)C(=C)C(CC(=O)OC)C(=O)OC)C(CC(=O)OC)C(=O)OC. The van der Waals surface area contributed by atoms with E-state index in [9.17, 15) is 28.8 Å². The Kier molecular flexibility index (Phi) is 12.7. The molecule has 0 aliphatic heterocycles. The summed E-state index contributed by atoms with van der Waals surface area (Å²) in [6, 6.07) is 0. The molecule has 0 aliphatic carbocycles. The van der Waals surface area contributed by atoms with Gasteiger partial charge >= 0.3 is 35.8 Å². The van der Waals surface area contributed by atoms with Crippen LogP contribution in [-0.2, 0) is 57.2 Å². The zero-order valence-electron chi connectivity index (χ0n) is 18.3. The predicted molar refractivity (Wildman–Crippen MR) is 104 cm³/mol. The van der Waals surface area contributed by atoms with Gasteiger partial charge < -0.3 is 28.4 Å². The lowest BCUT2D eigenvalue weighted by Gasteiger charge is -2.16. The van der Waals surface area contributed by atoms with E-state index in [0.717, 1.165) is 28.4 Å². The van der Waals surface area contributed by atoms with Crippen LogP contribution in [0, 0.1) is 11.8 Å². The topological polar surface area (TPSA) is 158 Å². The average molecular weight is 458 g/mol. The Balaban J connectivity index is 4.82. The summed E-state index contributed by atoms with van der Waals surface area (Å²) in [4.78, 5) is 70.6. The summed E-state index contributed by atoms with van der Waals surface area (Å²) in [5, 5.41) is 0. The van der Waals surface area contributed by atoms with Crippen LogP contribution >= 0.6 is 0 Å². The number of carbonyl (C=O) groups excluding carboxylic acids is 6. The molecule has 0 radical (unpaired) electrons. The molecule has 0 spiro atoms. The zero-order chi connectivity index (χ0) is 24.8. The summed E-state index contributed by atoms with van der Waals surface area (Å²) in [6.45, 7) is 6.00. The predicted octanol–water partition coefficient (Wildman–Crippen LogP) is -0.110. The molecule has 32 heavy (non-hydrogen) atoms. The van der Waals surface area contributed by atoms with Gasteiger partial charge in [0.2, 0.25) is 0 Å². The molecule has 0 amide bonds. The Morgan fingerprint density at radius 1 is 0.594 bits per heavy atom. The highest BCUT2D eigenvalue weighted by Crippen LogP contribution is 2.19. The van der Waals surface area contributed by atoms with Gasteiger partial charge in [-0.05, 0) is 0 Å². The standard InChI is InChI=1S/C20H26O12/c1-11(13(19(25)29-5)9-15(21)27-3)17(23)31-7-8-32-18(24)12(2)14(20(26)30-6)10-16(22)28-4/h13-14H,1-2,7-10H2,3-6H3. The molecule has 0 saturated carbocycles. The van der Waals surface area contributed by atoms with E-state index in [0.29, 0.717) is 0 Å². The van der Waals surface area contributed by atoms with E-state index in [-0.39, 0.29) is 11.1 Å². The Bertz CT molecular complexity index is 703. The Labute approximate surface area is 184 Å². The van der Waals surface area contributed by atoms with Gasteiger partial charge in [0.25, 0.3) is 0 Å². The van der Waals surface area contributed by atoms with Crippen LogP contribution in [0.25, 0.3) is 0 Å². The third-order valence-corrected chi connectivity index (χ3v) is 4.08. The molecule has 2 atom stereocenters. The first kappa shape index (κ1) is 28.3. The lowest BCUT2D eigenvalue weighted by molar-refractivity contribution is -0.154. The molecular formula is C20H26O12. The minimum Gasteiger partial charge on any atom is -0.469 e. The molecule has 0 aromatic carbocycles. The third kappa shape index (κ3) is 8.98. The number of ether oxygens (including phenoxy) is 6. The molecule has 0 aliphatic rings. The van der Waals surface area contributed by atoms with Crippen molar-refractivity contribution >= 4 is 35.8 Å². The molecular weight excluding hydrogens is 432 g/mol. The molecule has 12 nitrogen and oxygen atoms in total. The molecule has 0 saturated heterocycles. The van der Waals surface area contributed by atoms with Gasteiger partial charge in [-0.15, -0.1) is 0 Å². The van der Waals surface area contributed by atoms with Crippen LogP contribution in [0.1, 0.15) is 12.8 Å². The summed E-state index contributed by atoms with van der Waals surface area (Å²) in [5.74, 6) is -8.01. The van der Waals surface area contributed by atoms with E-state index in [1.165, 1.54) is 0 Å². The van der Waals surface area contributed by atoms with Crippen LogP contribution in [0.4, 0.5) is 0 Å². The van der Waals surface area contributed by atoms with Gasteiger partial charge in [0.1, 0.15) is 13.2 Å². The molecule has 0 bridgehead atoms. The number of hydrogen-bond donors (Lipinski definition) is 0. The zero-order valence-corrected chi connectivity index (χ0v) is 18.3. The van der Waals surface area contributed by atoms with E-state index in [4.69, 9.17) is 9.47 Å². The molecule has 0 heterocycles. The maximum atomic E-state index is 12.1. The Morgan fingerprint density at radius 2 is 0.906 bits per heavy atom. The molecule has 0 N–H and O–H groups in total. The third-order valence-electron chi connectivity index (χ3n) is 4.08. The van der Waals surface area contributed by atoms with Crippen LogP contribution in [0.5, 0.6) is 0 Å². The Hall–Kier alpha value is -3.70. The smallest absolute Gasteiger partial charge is 0.334 e. The number of esters is 6. The normalized spacial score (nSPS) is 11.8. The van der Waals surface area contributed by atoms with Crippen LogP contribution in [-0.4, -0.2) is 77.5 Å². The van der Waals surface area contributed by atoms with Crippen molar-refractivity contribution < 1.29 is 57.2 Å². The van der Waals surface area contributed by atoms with E-state index in [2.05, 4.69) is 32.1 Å². The quantitative estimate of drug-likeness (QED) is 0.156. The first-order valence-electron chi connectivity index (χ1n) is 9.05. The van der Waals surface area contributed by atoms with Gasteiger partial charge in [0.05, 0.1) is 53.1 Å². The highest BCUT2D eigenvalue weighted by molar-refractivity contribution is 5.97. The van der Waals surface area contributed by atoms with Gasteiger partial charge in [-0.1, -0.05) is 13.2 Å². The van der Waals surface area contributed by atoms with Gasteiger partial charge in [-0.3, -0.25) is 19.2 Å². The van der Waals surface area contributed by atoms with E-state index < -0.39 is 73.7 Å². The lowest BCUT2D eigenvalue weighted by atomic mass is 9.97. The van der Waals surface area contributed by atoms with Crippen molar-refractivity contribution in [3.63, 3.8) is 0 Å². The maximum Gasteiger partial charge on any atom is 0.334 e. The lowest BCUT2D eigenvalue weighted by Crippen LogP contribution is -2.28. The second-order valence-electron chi connectivity index (χ2n) is 6.03. The highest BCUT2D eigenvalue weighted by Gasteiger charge is 2.32. The van der Waals surface area contributed by atoms with Crippen molar-refractivity contribution in [2.45, 2.75) is 12.8 Å². The fourth-order valence-electron chi connectivity index (χ4n) is 2.22. The minimum absolute atomic E-state index is 0.359. The summed E-state index contributed by atoms with van der Waals surface area (Å²) < 4.78 is 27.7.